The summed E-state index contributed by atoms with van der Waals surface area (Å²) in [6.45, 7) is 1.02. The quantitative estimate of drug-likeness (QED) is 0.479. The summed E-state index contributed by atoms with van der Waals surface area (Å²) in [7, 11) is 0. The van der Waals surface area contributed by atoms with E-state index in [1.807, 2.05) is 102 Å². The molecular formula is C25H23N3O2. The molecule has 0 aliphatic carbocycles. The summed E-state index contributed by atoms with van der Waals surface area (Å²) in [6, 6.07) is 27.1. The van der Waals surface area contributed by atoms with Crippen molar-refractivity contribution in [3.8, 4) is 11.4 Å². The van der Waals surface area contributed by atoms with Crippen LogP contribution in [0.3, 0.4) is 0 Å². The number of carbonyl (C=O) groups is 1. The van der Waals surface area contributed by atoms with Crippen LogP contribution in [0.5, 0.6) is 5.75 Å². The molecular weight excluding hydrogens is 374 g/mol. The Bertz CT molecular complexity index is 1070. The molecule has 0 unspecified atom stereocenters. The van der Waals surface area contributed by atoms with Gasteiger partial charge in [0.1, 0.15) is 12.4 Å². The van der Waals surface area contributed by atoms with Crippen molar-refractivity contribution in [1.29, 1.82) is 0 Å². The number of nitrogens with zero attached hydrogens (tertiary/aromatic N) is 2. The van der Waals surface area contributed by atoms with Crippen molar-refractivity contribution in [2.24, 2.45) is 0 Å². The normalized spacial score (nSPS) is 10.5. The van der Waals surface area contributed by atoms with Crippen LogP contribution in [-0.4, -0.2) is 22.2 Å². The molecule has 1 heterocycles. The Balaban J connectivity index is 1.25. The topological polar surface area (TPSA) is 56.2 Å². The summed E-state index contributed by atoms with van der Waals surface area (Å²) in [5, 5.41) is 7.35. The van der Waals surface area contributed by atoms with Crippen molar-refractivity contribution >= 4 is 5.91 Å². The molecule has 1 N–H and O–H groups in total. The Kier molecular flexibility index (Phi) is 6.20. The van der Waals surface area contributed by atoms with Crippen LogP contribution in [0.25, 0.3) is 5.69 Å². The number of amides is 1. The monoisotopic (exact) mass is 397 g/mol. The molecule has 1 amide bonds. The Labute approximate surface area is 175 Å². The van der Waals surface area contributed by atoms with Gasteiger partial charge in [0.15, 0.2) is 0 Å². The third-order valence-corrected chi connectivity index (χ3v) is 4.72. The minimum absolute atomic E-state index is 0.0824. The maximum atomic E-state index is 12.4. The van der Waals surface area contributed by atoms with E-state index in [1.165, 1.54) is 0 Å². The van der Waals surface area contributed by atoms with Crippen LogP contribution in [-0.2, 0) is 13.0 Å². The lowest BCUT2D eigenvalue weighted by Crippen LogP contribution is -2.25. The Morgan fingerprint density at radius 3 is 2.30 bits per heavy atom. The number of nitrogens with one attached hydrogen (secondary N) is 1. The average molecular weight is 397 g/mol. The maximum absolute atomic E-state index is 12.4. The van der Waals surface area contributed by atoms with E-state index in [9.17, 15) is 4.79 Å². The summed E-state index contributed by atoms with van der Waals surface area (Å²) in [4.78, 5) is 12.4. The number of rotatable bonds is 8. The van der Waals surface area contributed by atoms with E-state index >= 15 is 0 Å². The number of carbonyl (C=O) groups excluding carboxylic acids is 1. The van der Waals surface area contributed by atoms with Crippen LogP contribution in [0.4, 0.5) is 0 Å². The van der Waals surface area contributed by atoms with Gasteiger partial charge < -0.3 is 10.1 Å². The Hall–Kier alpha value is -3.86. The van der Waals surface area contributed by atoms with Gasteiger partial charge in [-0.3, -0.25) is 4.79 Å². The standard InChI is InChI=1S/C25H23N3O2/c29-25(22-13-11-20(12-14-22)19-30-24-9-5-2-6-10-24)26-16-15-21-17-27-28(18-21)23-7-3-1-4-8-23/h1-14,17-18H,15-16,19H2,(H,26,29). The number of para-hydroxylation sites is 2. The number of benzene rings is 3. The van der Waals surface area contributed by atoms with Gasteiger partial charge in [-0.15, -0.1) is 0 Å². The van der Waals surface area contributed by atoms with Crippen LogP contribution in [0.1, 0.15) is 21.5 Å². The lowest BCUT2D eigenvalue weighted by atomic mass is 10.1. The second-order valence-corrected chi connectivity index (χ2v) is 6.93. The average Bonchev–Trinajstić information content (AvgIpc) is 3.28. The zero-order chi connectivity index (χ0) is 20.6. The fourth-order valence-corrected chi connectivity index (χ4v) is 3.07. The van der Waals surface area contributed by atoms with Crippen molar-refractivity contribution < 1.29 is 9.53 Å². The highest BCUT2D eigenvalue weighted by atomic mass is 16.5. The van der Waals surface area contributed by atoms with Crippen molar-refractivity contribution in [3.05, 3.63) is 114 Å². The molecule has 0 aliphatic rings. The molecule has 0 saturated carbocycles. The maximum Gasteiger partial charge on any atom is 0.251 e. The molecule has 0 atom stereocenters. The first-order valence-corrected chi connectivity index (χ1v) is 9.92. The SMILES string of the molecule is O=C(NCCc1cnn(-c2ccccc2)c1)c1ccc(COc2ccccc2)cc1. The van der Waals surface area contributed by atoms with E-state index in [4.69, 9.17) is 4.74 Å². The number of ether oxygens (including phenoxy) is 1. The molecule has 0 aliphatic heterocycles. The highest BCUT2D eigenvalue weighted by Gasteiger charge is 2.06. The lowest BCUT2D eigenvalue weighted by Gasteiger charge is -2.08. The Morgan fingerprint density at radius 2 is 1.57 bits per heavy atom. The first-order valence-electron chi connectivity index (χ1n) is 9.92. The number of hydrogen-bond donors (Lipinski definition) is 1. The molecule has 1 aromatic heterocycles. The fourth-order valence-electron chi connectivity index (χ4n) is 3.07. The minimum Gasteiger partial charge on any atom is -0.489 e. The first kappa shape index (κ1) is 19.5. The van der Waals surface area contributed by atoms with Gasteiger partial charge in [0.2, 0.25) is 0 Å². The van der Waals surface area contributed by atoms with Gasteiger partial charge in [0.25, 0.3) is 5.91 Å². The van der Waals surface area contributed by atoms with Gasteiger partial charge in [0.05, 0.1) is 11.9 Å². The smallest absolute Gasteiger partial charge is 0.251 e. The van der Waals surface area contributed by atoms with E-state index in [0.29, 0.717) is 18.7 Å². The molecule has 0 fully saturated rings. The molecule has 4 rings (SSSR count). The summed E-state index contributed by atoms with van der Waals surface area (Å²) < 4.78 is 7.57. The van der Waals surface area contributed by atoms with Crippen LogP contribution >= 0.6 is 0 Å². The predicted molar refractivity (Wildman–Crippen MR) is 117 cm³/mol. The molecule has 150 valence electrons. The highest BCUT2D eigenvalue weighted by Crippen LogP contribution is 2.12. The third kappa shape index (κ3) is 5.14. The molecule has 4 aromatic rings. The van der Waals surface area contributed by atoms with Crippen molar-refractivity contribution in [2.45, 2.75) is 13.0 Å². The summed E-state index contributed by atoms with van der Waals surface area (Å²) in [5.41, 5.74) is 3.75. The predicted octanol–water partition coefficient (Wildman–Crippen LogP) is 4.42. The van der Waals surface area contributed by atoms with Crippen LogP contribution in [0.15, 0.2) is 97.3 Å². The number of aromatic nitrogens is 2. The van der Waals surface area contributed by atoms with Gasteiger partial charge in [-0.2, -0.15) is 5.10 Å². The third-order valence-electron chi connectivity index (χ3n) is 4.72. The molecule has 30 heavy (non-hydrogen) atoms. The zero-order valence-electron chi connectivity index (χ0n) is 16.6. The molecule has 0 bridgehead atoms. The van der Waals surface area contributed by atoms with Gasteiger partial charge >= 0.3 is 0 Å². The fraction of sp³-hybridized carbons (Fsp3) is 0.120. The summed E-state index contributed by atoms with van der Waals surface area (Å²) in [5.74, 6) is 0.746. The second-order valence-electron chi connectivity index (χ2n) is 6.93. The number of hydrogen-bond acceptors (Lipinski definition) is 3. The van der Waals surface area contributed by atoms with Crippen molar-refractivity contribution in [3.63, 3.8) is 0 Å². The van der Waals surface area contributed by atoms with E-state index in [1.54, 1.807) is 0 Å². The molecule has 0 saturated heterocycles. The minimum atomic E-state index is -0.0824. The van der Waals surface area contributed by atoms with Gasteiger partial charge in [-0.1, -0.05) is 48.5 Å². The van der Waals surface area contributed by atoms with Gasteiger partial charge in [-0.05, 0) is 53.9 Å². The molecule has 0 spiro atoms. The Morgan fingerprint density at radius 1 is 0.867 bits per heavy atom. The van der Waals surface area contributed by atoms with Crippen LogP contribution in [0, 0.1) is 0 Å². The lowest BCUT2D eigenvalue weighted by molar-refractivity contribution is 0.0954. The van der Waals surface area contributed by atoms with E-state index < -0.39 is 0 Å². The van der Waals surface area contributed by atoms with E-state index in [-0.39, 0.29) is 5.91 Å². The van der Waals surface area contributed by atoms with Crippen molar-refractivity contribution in [2.75, 3.05) is 6.54 Å². The summed E-state index contributed by atoms with van der Waals surface area (Å²) in [6.07, 6.45) is 4.55. The van der Waals surface area contributed by atoms with Gasteiger partial charge in [-0.25, -0.2) is 4.68 Å². The van der Waals surface area contributed by atoms with Crippen molar-refractivity contribution in [1.82, 2.24) is 15.1 Å². The van der Waals surface area contributed by atoms with Crippen LogP contribution < -0.4 is 10.1 Å². The second kappa shape index (κ2) is 9.56. The summed E-state index contributed by atoms with van der Waals surface area (Å²) >= 11 is 0. The first-order chi connectivity index (χ1) is 14.8. The molecule has 3 aromatic carbocycles. The van der Waals surface area contributed by atoms with Gasteiger partial charge in [0, 0.05) is 18.3 Å². The largest absolute Gasteiger partial charge is 0.489 e. The molecule has 5 nitrogen and oxygen atoms in total. The zero-order valence-corrected chi connectivity index (χ0v) is 16.6. The van der Waals surface area contributed by atoms with E-state index in [2.05, 4.69) is 10.4 Å². The van der Waals surface area contributed by atoms with Crippen LogP contribution in [0.2, 0.25) is 0 Å². The molecule has 5 heteroatoms. The van der Waals surface area contributed by atoms with E-state index in [0.717, 1.165) is 29.0 Å². The molecule has 0 radical (unpaired) electrons. The highest BCUT2D eigenvalue weighted by molar-refractivity contribution is 5.94.